The number of carbonyl (C=O) groups is 1. The monoisotopic (exact) mass is 302 g/mol. The molecule has 0 aromatic heterocycles. The first-order valence-electron chi connectivity index (χ1n) is 8.43. The molecule has 1 aliphatic heterocycles. The lowest BCUT2D eigenvalue weighted by Gasteiger charge is -2.36. The van der Waals surface area contributed by atoms with Crippen molar-refractivity contribution in [2.45, 2.75) is 32.1 Å². The molecule has 2 fully saturated rings. The van der Waals surface area contributed by atoms with Crippen LogP contribution in [-0.2, 0) is 4.79 Å². The van der Waals surface area contributed by atoms with E-state index >= 15 is 0 Å². The standard InChI is InChI=1S/C18H26N2O2/c1-22-17-8-4-7-16(14-17)19-9-11-20(12-10-19)18(21)13-15-5-2-3-6-15/h4,7-8,14-15H,2-3,5-6,9-13H2,1H3. The number of hydrogen-bond acceptors (Lipinski definition) is 3. The van der Waals surface area contributed by atoms with E-state index in [1.165, 1.54) is 31.4 Å². The highest BCUT2D eigenvalue weighted by Gasteiger charge is 2.25. The van der Waals surface area contributed by atoms with Gasteiger partial charge in [-0.05, 0) is 30.9 Å². The Morgan fingerprint density at radius 2 is 1.91 bits per heavy atom. The summed E-state index contributed by atoms with van der Waals surface area (Å²) in [5.41, 5.74) is 1.18. The molecular formula is C18H26N2O2. The van der Waals surface area contributed by atoms with Crippen LogP contribution in [0.15, 0.2) is 24.3 Å². The first kappa shape index (κ1) is 15.2. The molecular weight excluding hydrogens is 276 g/mol. The van der Waals surface area contributed by atoms with Gasteiger partial charge in [0.15, 0.2) is 0 Å². The molecule has 1 amide bonds. The lowest BCUT2D eigenvalue weighted by molar-refractivity contribution is -0.132. The van der Waals surface area contributed by atoms with Crippen LogP contribution in [0.3, 0.4) is 0 Å². The number of hydrogen-bond donors (Lipinski definition) is 0. The molecule has 1 aromatic carbocycles. The van der Waals surface area contributed by atoms with Crippen LogP contribution >= 0.6 is 0 Å². The fourth-order valence-corrected chi connectivity index (χ4v) is 3.61. The summed E-state index contributed by atoms with van der Waals surface area (Å²) in [6, 6.07) is 8.16. The molecule has 4 heteroatoms. The van der Waals surface area contributed by atoms with Crippen molar-refractivity contribution in [2.75, 3.05) is 38.2 Å². The predicted octanol–water partition coefficient (Wildman–Crippen LogP) is 2.92. The summed E-state index contributed by atoms with van der Waals surface area (Å²) in [5.74, 6) is 1.89. The van der Waals surface area contributed by atoms with Crippen LogP contribution in [0.4, 0.5) is 5.69 Å². The van der Waals surface area contributed by atoms with Crippen LogP contribution in [-0.4, -0.2) is 44.1 Å². The largest absolute Gasteiger partial charge is 0.497 e. The zero-order valence-electron chi connectivity index (χ0n) is 13.5. The average molecular weight is 302 g/mol. The van der Waals surface area contributed by atoms with Gasteiger partial charge in [-0.3, -0.25) is 4.79 Å². The molecule has 1 saturated heterocycles. The third-order valence-corrected chi connectivity index (χ3v) is 4.99. The molecule has 22 heavy (non-hydrogen) atoms. The lowest BCUT2D eigenvalue weighted by Crippen LogP contribution is -2.49. The van der Waals surface area contributed by atoms with Gasteiger partial charge in [0.05, 0.1) is 7.11 Å². The van der Waals surface area contributed by atoms with Crippen LogP contribution in [0.1, 0.15) is 32.1 Å². The Morgan fingerprint density at radius 3 is 2.59 bits per heavy atom. The third kappa shape index (κ3) is 3.54. The minimum absolute atomic E-state index is 0.359. The van der Waals surface area contributed by atoms with Gasteiger partial charge in [-0.25, -0.2) is 0 Å². The first-order valence-corrected chi connectivity index (χ1v) is 8.43. The van der Waals surface area contributed by atoms with Crippen LogP contribution in [0.2, 0.25) is 0 Å². The lowest BCUT2D eigenvalue weighted by atomic mass is 10.0. The van der Waals surface area contributed by atoms with Gasteiger partial charge < -0.3 is 14.5 Å². The molecule has 3 rings (SSSR count). The smallest absolute Gasteiger partial charge is 0.222 e. The summed E-state index contributed by atoms with van der Waals surface area (Å²) < 4.78 is 5.29. The fourth-order valence-electron chi connectivity index (χ4n) is 3.61. The second-order valence-electron chi connectivity index (χ2n) is 6.42. The molecule has 120 valence electrons. The summed E-state index contributed by atoms with van der Waals surface area (Å²) in [6.07, 6.45) is 5.87. The molecule has 1 heterocycles. The van der Waals surface area contributed by atoms with Gasteiger partial charge in [-0.2, -0.15) is 0 Å². The van der Waals surface area contributed by atoms with Crippen molar-refractivity contribution in [1.82, 2.24) is 4.90 Å². The van der Waals surface area contributed by atoms with E-state index in [1.807, 2.05) is 12.1 Å². The first-order chi connectivity index (χ1) is 10.8. The second kappa shape index (κ2) is 7.03. The van der Waals surface area contributed by atoms with Crippen molar-refractivity contribution in [3.05, 3.63) is 24.3 Å². The van der Waals surface area contributed by atoms with E-state index in [2.05, 4.69) is 21.9 Å². The van der Waals surface area contributed by atoms with E-state index in [9.17, 15) is 4.79 Å². The van der Waals surface area contributed by atoms with Gasteiger partial charge in [0.2, 0.25) is 5.91 Å². The van der Waals surface area contributed by atoms with E-state index in [0.717, 1.165) is 38.3 Å². The Labute approximate surface area is 133 Å². The highest BCUT2D eigenvalue weighted by Crippen LogP contribution is 2.28. The maximum atomic E-state index is 12.4. The number of benzene rings is 1. The minimum atomic E-state index is 0.359. The van der Waals surface area contributed by atoms with Crippen molar-refractivity contribution in [3.8, 4) is 5.75 Å². The molecule has 4 nitrogen and oxygen atoms in total. The third-order valence-electron chi connectivity index (χ3n) is 4.99. The summed E-state index contributed by atoms with van der Waals surface area (Å²) >= 11 is 0. The highest BCUT2D eigenvalue weighted by atomic mass is 16.5. The van der Waals surface area contributed by atoms with E-state index in [0.29, 0.717) is 11.8 Å². The Kier molecular flexibility index (Phi) is 4.86. The Bertz CT molecular complexity index is 504. The molecule has 1 aliphatic carbocycles. The van der Waals surface area contributed by atoms with Crippen molar-refractivity contribution in [3.63, 3.8) is 0 Å². The van der Waals surface area contributed by atoms with Crippen molar-refractivity contribution < 1.29 is 9.53 Å². The number of piperazine rings is 1. The van der Waals surface area contributed by atoms with E-state index in [1.54, 1.807) is 7.11 Å². The van der Waals surface area contributed by atoms with Crippen LogP contribution in [0.25, 0.3) is 0 Å². The molecule has 0 unspecified atom stereocenters. The van der Waals surface area contributed by atoms with Crippen molar-refractivity contribution in [1.29, 1.82) is 0 Å². The van der Waals surface area contributed by atoms with E-state index in [-0.39, 0.29) is 0 Å². The van der Waals surface area contributed by atoms with E-state index < -0.39 is 0 Å². The molecule has 2 aliphatic rings. The number of rotatable bonds is 4. The average Bonchev–Trinajstić information content (AvgIpc) is 3.08. The maximum Gasteiger partial charge on any atom is 0.222 e. The Morgan fingerprint density at radius 1 is 1.18 bits per heavy atom. The Balaban J connectivity index is 1.52. The molecule has 0 N–H and O–H groups in total. The quantitative estimate of drug-likeness (QED) is 0.857. The van der Waals surface area contributed by atoms with Crippen LogP contribution < -0.4 is 9.64 Å². The number of nitrogens with zero attached hydrogens (tertiary/aromatic N) is 2. The predicted molar refractivity (Wildman–Crippen MR) is 88.4 cm³/mol. The molecule has 0 spiro atoms. The summed E-state index contributed by atoms with van der Waals surface area (Å²) in [7, 11) is 1.69. The summed E-state index contributed by atoms with van der Waals surface area (Å²) in [6.45, 7) is 3.48. The summed E-state index contributed by atoms with van der Waals surface area (Å²) in [4.78, 5) is 16.8. The van der Waals surface area contributed by atoms with Gasteiger partial charge in [-0.1, -0.05) is 18.9 Å². The number of anilines is 1. The SMILES string of the molecule is COc1cccc(N2CCN(C(=O)CC3CCCC3)CC2)c1. The number of ether oxygens (including phenoxy) is 1. The molecule has 1 aromatic rings. The number of carbonyl (C=O) groups excluding carboxylic acids is 1. The second-order valence-corrected chi connectivity index (χ2v) is 6.42. The number of methoxy groups -OCH3 is 1. The Hall–Kier alpha value is -1.71. The molecule has 0 radical (unpaired) electrons. The number of amides is 1. The minimum Gasteiger partial charge on any atom is -0.497 e. The zero-order valence-corrected chi connectivity index (χ0v) is 13.5. The maximum absolute atomic E-state index is 12.4. The van der Waals surface area contributed by atoms with Gasteiger partial charge in [0, 0.05) is 44.4 Å². The van der Waals surface area contributed by atoms with Gasteiger partial charge in [-0.15, -0.1) is 0 Å². The molecule has 1 saturated carbocycles. The fraction of sp³-hybridized carbons (Fsp3) is 0.611. The normalized spacial score (nSPS) is 19.5. The topological polar surface area (TPSA) is 32.8 Å². The van der Waals surface area contributed by atoms with Crippen molar-refractivity contribution in [2.24, 2.45) is 5.92 Å². The van der Waals surface area contributed by atoms with Gasteiger partial charge >= 0.3 is 0 Å². The van der Waals surface area contributed by atoms with Crippen LogP contribution in [0.5, 0.6) is 5.75 Å². The van der Waals surface area contributed by atoms with Crippen molar-refractivity contribution >= 4 is 11.6 Å². The van der Waals surface area contributed by atoms with Gasteiger partial charge in [0.25, 0.3) is 0 Å². The highest BCUT2D eigenvalue weighted by molar-refractivity contribution is 5.76. The molecule has 0 bridgehead atoms. The van der Waals surface area contributed by atoms with E-state index in [4.69, 9.17) is 4.74 Å². The van der Waals surface area contributed by atoms with Crippen LogP contribution in [0, 0.1) is 5.92 Å². The zero-order chi connectivity index (χ0) is 15.4. The van der Waals surface area contributed by atoms with Gasteiger partial charge in [0.1, 0.15) is 5.75 Å². The molecule has 0 atom stereocenters. The summed E-state index contributed by atoms with van der Waals surface area (Å²) in [5, 5.41) is 0.